The Morgan fingerprint density at radius 2 is 1.95 bits per heavy atom. The molecule has 1 fully saturated rings. The van der Waals surface area contributed by atoms with Gasteiger partial charge in [0.15, 0.2) is 0 Å². The van der Waals surface area contributed by atoms with Gasteiger partial charge >= 0.3 is 0 Å². The fraction of sp³-hybridized carbons (Fsp3) is 0.846. The third-order valence-corrected chi connectivity index (χ3v) is 3.77. The number of carbonyl (C=O) groups is 2. The molecular formula is C13H25N3O2S. The lowest BCUT2D eigenvalue weighted by atomic mass is 9.96. The molecule has 2 amide bonds. The van der Waals surface area contributed by atoms with E-state index in [2.05, 4.69) is 36.9 Å². The molecule has 5 nitrogen and oxygen atoms in total. The molecule has 1 N–H and O–H groups in total. The highest BCUT2D eigenvalue weighted by molar-refractivity contribution is 7.80. The number of nitrogens with one attached hydrogen (secondary N) is 1. The first-order valence-corrected chi connectivity index (χ1v) is 7.38. The van der Waals surface area contributed by atoms with Crippen molar-refractivity contribution >= 4 is 24.4 Å². The monoisotopic (exact) mass is 287 g/mol. The quantitative estimate of drug-likeness (QED) is 0.711. The Morgan fingerprint density at radius 3 is 2.37 bits per heavy atom. The predicted octanol–water partition coefficient (Wildman–Crippen LogP) is 0.221. The summed E-state index contributed by atoms with van der Waals surface area (Å²) in [5.74, 6) is 0.813. The van der Waals surface area contributed by atoms with Crippen LogP contribution >= 0.6 is 12.6 Å². The molecule has 0 bridgehead atoms. The number of carbonyl (C=O) groups excluding carboxylic acids is 2. The van der Waals surface area contributed by atoms with Crippen molar-refractivity contribution in [2.45, 2.75) is 25.8 Å². The van der Waals surface area contributed by atoms with Crippen molar-refractivity contribution in [3.63, 3.8) is 0 Å². The molecule has 0 aliphatic carbocycles. The highest BCUT2D eigenvalue weighted by Crippen LogP contribution is 2.18. The molecule has 1 saturated heterocycles. The van der Waals surface area contributed by atoms with E-state index in [9.17, 15) is 9.59 Å². The molecule has 19 heavy (non-hydrogen) atoms. The minimum absolute atomic E-state index is 0.00602. The Balaban J connectivity index is 2.45. The zero-order chi connectivity index (χ0) is 14.4. The standard InChI is InChI=1S/C13H25N3O2S/c1-10(17)14-12(9-19)13(18)16-6-4-11(5-7-16)8-15(2)3/h11-12,19H,4-9H2,1-3H3,(H,14,17). The average Bonchev–Trinajstić information content (AvgIpc) is 2.35. The van der Waals surface area contributed by atoms with Crippen LogP contribution in [0.15, 0.2) is 0 Å². The van der Waals surface area contributed by atoms with Gasteiger partial charge in [-0.2, -0.15) is 12.6 Å². The van der Waals surface area contributed by atoms with Crippen LogP contribution < -0.4 is 5.32 Å². The molecule has 0 radical (unpaired) electrons. The maximum Gasteiger partial charge on any atom is 0.245 e. The SMILES string of the molecule is CC(=O)NC(CS)C(=O)N1CCC(CN(C)C)CC1. The highest BCUT2D eigenvalue weighted by Gasteiger charge is 2.28. The Kier molecular flexibility index (Phi) is 6.65. The van der Waals surface area contributed by atoms with Crippen molar-refractivity contribution < 1.29 is 9.59 Å². The van der Waals surface area contributed by atoms with E-state index in [1.807, 2.05) is 4.90 Å². The molecule has 0 aromatic heterocycles. The van der Waals surface area contributed by atoms with Gasteiger partial charge in [-0.25, -0.2) is 0 Å². The summed E-state index contributed by atoms with van der Waals surface area (Å²) in [5.41, 5.74) is 0. The van der Waals surface area contributed by atoms with Crippen LogP contribution in [-0.4, -0.2) is 67.1 Å². The summed E-state index contributed by atoms with van der Waals surface area (Å²) in [6, 6.07) is -0.494. The summed E-state index contributed by atoms with van der Waals surface area (Å²) < 4.78 is 0. The van der Waals surface area contributed by atoms with Crippen molar-refractivity contribution in [2.75, 3.05) is 39.5 Å². The van der Waals surface area contributed by atoms with Crippen LogP contribution in [0, 0.1) is 5.92 Å². The second-order valence-corrected chi connectivity index (χ2v) is 5.83. The van der Waals surface area contributed by atoms with Crippen LogP contribution in [-0.2, 0) is 9.59 Å². The van der Waals surface area contributed by atoms with Crippen LogP contribution in [0.1, 0.15) is 19.8 Å². The van der Waals surface area contributed by atoms with Gasteiger partial charge in [-0.05, 0) is 32.9 Å². The first-order valence-electron chi connectivity index (χ1n) is 6.75. The van der Waals surface area contributed by atoms with E-state index in [4.69, 9.17) is 0 Å². The second kappa shape index (κ2) is 7.75. The van der Waals surface area contributed by atoms with E-state index in [-0.39, 0.29) is 11.8 Å². The summed E-state index contributed by atoms with van der Waals surface area (Å²) in [4.78, 5) is 27.3. The van der Waals surface area contributed by atoms with E-state index in [1.54, 1.807) is 0 Å². The molecule has 1 rings (SSSR count). The van der Waals surface area contributed by atoms with Crippen molar-refractivity contribution in [3.8, 4) is 0 Å². The Morgan fingerprint density at radius 1 is 1.37 bits per heavy atom. The lowest BCUT2D eigenvalue weighted by Gasteiger charge is -2.35. The number of rotatable bonds is 5. The fourth-order valence-corrected chi connectivity index (χ4v) is 2.75. The zero-order valence-electron chi connectivity index (χ0n) is 12.1. The van der Waals surface area contributed by atoms with E-state index in [1.165, 1.54) is 6.92 Å². The molecule has 1 heterocycles. The van der Waals surface area contributed by atoms with Crippen molar-refractivity contribution in [2.24, 2.45) is 5.92 Å². The van der Waals surface area contributed by atoms with E-state index in [0.717, 1.165) is 32.5 Å². The van der Waals surface area contributed by atoms with E-state index >= 15 is 0 Å². The van der Waals surface area contributed by atoms with Crippen LogP contribution in [0.4, 0.5) is 0 Å². The summed E-state index contributed by atoms with van der Waals surface area (Å²) >= 11 is 4.14. The molecule has 1 unspecified atom stereocenters. The molecule has 110 valence electrons. The lowest BCUT2D eigenvalue weighted by Crippen LogP contribution is -2.51. The molecule has 6 heteroatoms. The van der Waals surface area contributed by atoms with Gasteiger partial charge in [0.25, 0.3) is 0 Å². The Labute approximate surface area is 121 Å². The largest absolute Gasteiger partial charge is 0.344 e. The molecule has 0 aromatic rings. The first kappa shape index (κ1) is 16.3. The second-order valence-electron chi connectivity index (χ2n) is 5.47. The number of hydrogen-bond acceptors (Lipinski definition) is 4. The number of amides is 2. The van der Waals surface area contributed by atoms with Gasteiger partial charge in [-0.1, -0.05) is 0 Å². The summed E-state index contributed by atoms with van der Waals surface area (Å²) in [7, 11) is 4.15. The summed E-state index contributed by atoms with van der Waals surface area (Å²) in [5, 5.41) is 2.66. The van der Waals surface area contributed by atoms with Gasteiger partial charge in [0.1, 0.15) is 6.04 Å². The normalized spacial score (nSPS) is 18.5. The van der Waals surface area contributed by atoms with Crippen molar-refractivity contribution in [3.05, 3.63) is 0 Å². The maximum absolute atomic E-state index is 12.2. The van der Waals surface area contributed by atoms with Crippen LogP contribution in [0.25, 0.3) is 0 Å². The third kappa shape index (κ3) is 5.40. The minimum atomic E-state index is -0.494. The lowest BCUT2D eigenvalue weighted by molar-refractivity contribution is -0.136. The Bertz CT molecular complexity index is 315. The summed E-state index contributed by atoms with van der Waals surface area (Å²) in [6.07, 6.45) is 2.06. The van der Waals surface area contributed by atoms with Crippen LogP contribution in [0.3, 0.4) is 0 Å². The van der Waals surface area contributed by atoms with Crippen LogP contribution in [0.5, 0.6) is 0 Å². The zero-order valence-corrected chi connectivity index (χ0v) is 12.9. The molecule has 1 aliphatic heterocycles. The van der Waals surface area contributed by atoms with E-state index in [0.29, 0.717) is 11.7 Å². The highest BCUT2D eigenvalue weighted by atomic mass is 32.1. The molecule has 0 saturated carbocycles. The predicted molar refractivity (Wildman–Crippen MR) is 79.3 cm³/mol. The maximum atomic E-state index is 12.2. The van der Waals surface area contributed by atoms with E-state index < -0.39 is 6.04 Å². The molecular weight excluding hydrogens is 262 g/mol. The van der Waals surface area contributed by atoms with Gasteiger partial charge in [0, 0.05) is 32.3 Å². The van der Waals surface area contributed by atoms with Gasteiger partial charge < -0.3 is 15.1 Å². The van der Waals surface area contributed by atoms with Crippen LogP contribution in [0.2, 0.25) is 0 Å². The molecule has 0 aromatic carbocycles. The Hall–Kier alpha value is -0.750. The number of piperidine rings is 1. The van der Waals surface area contributed by atoms with Gasteiger partial charge in [0.2, 0.25) is 11.8 Å². The van der Waals surface area contributed by atoms with Gasteiger partial charge in [-0.15, -0.1) is 0 Å². The molecule has 1 atom stereocenters. The summed E-state index contributed by atoms with van der Waals surface area (Å²) in [6.45, 7) is 4.05. The van der Waals surface area contributed by atoms with Gasteiger partial charge in [-0.3, -0.25) is 9.59 Å². The van der Waals surface area contributed by atoms with Crippen molar-refractivity contribution in [1.29, 1.82) is 0 Å². The fourth-order valence-electron chi connectivity index (χ4n) is 2.50. The number of likely N-dealkylation sites (tertiary alicyclic amines) is 1. The third-order valence-electron chi connectivity index (χ3n) is 3.41. The minimum Gasteiger partial charge on any atom is -0.344 e. The smallest absolute Gasteiger partial charge is 0.245 e. The average molecular weight is 287 g/mol. The number of hydrogen-bond donors (Lipinski definition) is 2. The molecule has 0 spiro atoms. The van der Waals surface area contributed by atoms with Gasteiger partial charge in [0.05, 0.1) is 0 Å². The molecule has 1 aliphatic rings. The first-order chi connectivity index (χ1) is 8.93. The number of nitrogens with zero attached hydrogens (tertiary/aromatic N) is 2. The van der Waals surface area contributed by atoms with Crippen molar-refractivity contribution in [1.82, 2.24) is 15.1 Å². The topological polar surface area (TPSA) is 52.7 Å². The number of thiol groups is 1.